The molecule has 2 aromatic carbocycles. The number of anilines is 1. The molecule has 3 rings (SSSR count). The van der Waals surface area contributed by atoms with E-state index in [0.717, 1.165) is 44.7 Å². The van der Waals surface area contributed by atoms with Crippen molar-refractivity contribution >= 4 is 11.6 Å². The summed E-state index contributed by atoms with van der Waals surface area (Å²) >= 11 is 0. The lowest BCUT2D eigenvalue weighted by atomic mass is 9.96. The zero-order valence-corrected chi connectivity index (χ0v) is 15.9. The Morgan fingerprint density at radius 3 is 2.37 bits per heavy atom. The first-order chi connectivity index (χ1) is 13.2. The first-order valence-corrected chi connectivity index (χ1v) is 9.73. The average Bonchev–Trinajstić information content (AvgIpc) is 2.70. The van der Waals surface area contributed by atoms with Crippen molar-refractivity contribution in [2.45, 2.75) is 19.3 Å². The van der Waals surface area contributed by atoms with Crippen LogP contribution in [0.15, 0.2) is 54.6 Å². The Bertz CT molecular complexity index is 729. The van der Waals surface area contributed by atoms with E-state index in [1.807, 2.05) is 49.4 Å². The molecule has 1 N–H and O–H groups in total. The topological polar surface area (TPSA) is 35.6 Å². The predicted octanol–water partition coefficient (Wildman–Crippen LogP) is 3.26. The minimum Gasteiger partial charge on any atom is -0.367 e. The number of benzene rings is 2. The van der Waals surface area contributed by atoms with Crippen LogP contribution >= 0.6 is 0 Å². The molecule has 1 heterocycles. The monoisotopic (exact) mass is 369 g/mol. The molecule has 0 aromatic heterocycles. The Kier molecular flexibility index (Phi) is 6.82. The normalized spacial score (nSPS) is 16.1. The van der Waals surface area contributed by atoms with E-state index in [4.69, 9.17) is 0 Å². The molecular weight excluding hydrogens is 341 g/mol. The zero-order valence-electron chi connectivity index (χ0n) is 15.9. The largest absolute Gasteiger partial charge is 0.367 e. The fourth-order valence-corrected chi connectivity index (χ4v) is 3.64. The van der Waals surface area contributed by atoms with Gasteiger partial charge in [-0.3, -0.25) is 9.69 Å². The van der Waals surface area contributed by atoms with Gasteiger partial charge in [0, 0.05) is 39.3 Å². The Hall–Kier alpha value is -2.40. The van der Waals surface area contributed by atoms with Crippen molar-refractivity contribution in [1.29, 1.82) is 0 Å². The van der Waals surface area contributed by atoms with Crippen molar-refractivity contribution in [3.63, 3.8) is 0 Å². The first kappa shape index (κ1) is 19.4. The molecule has 27 heavy (non-hydrogen) atoms. The number of nitrogens with zero attached hydrogens (tertiary/aromatic N) is 2. The lowest BCUT2D eigenvalue weighted by Gasteiger charge is -2.36. The van der Waals surface area contributed by atoms with E-state index in [0.29, 0.717) is 12.2 Å². The summed E-state index contributed by atoms with van der Waals surface area (Å²) in [6, 6.07) is 16.9. The van der Waals surface area contributed by atoms with E-state index in [1.165, 1.54) is 6.07 Å². The Labute approximate surface area is 161 Å². The van der Waals surface area contributed by atoms with Crippen LogP contribution in [0.25, 0.3) is 0 Å². The summed E-state index contributed by atoms with van der Waals surface area (Å²) in [5.41, 5.74) is 1.75. The van der Waals surface area contributed by atoms with Gasteiger partial charge in [-0.1, -0.05) is 49.4 Å². The number of amides is 1. The highest BCUT2D eigenvalue weighted by Crippen LogP contribution is 2.20. The van der Waals surface area contributed by atoms with Crippen LogP contribution in [0.3, 0.4) is 0 Å². The summed E-state index contributed by atoms with van der Waals surface area (Å²) in [7, 11) is 0. The number of carbonyl (C=O) groups is 1. The number of piperazine rings is 1. The molecule has 5 heteroatoms. The third-order valence-electron chi connectivity index (χ3n) is 5.22. The van der Waals surface area contributed by atoms with Crippen LogP contribution in [-0.4, -0.2) is 50.1 Å². The number of rotatable bonds is 7. The third-order valence-corrected chi connectivity index (χ3v) is 5.22. The number of para-hydroxylation sites is 1. The van der Waals surface area contributed by atoms with Crippen molar-refractivity contribution in [2.75, 3.05) is 44.2 Å². The van der Waals surface area contributed by atoms with Gasteiger partial charge in [0.05, 0.1) is 11.6 Å². The smallest absolute Gasteiger partial charge is 0.227 e. The second-order valence-electron chi connectivity index (χ2n) is 6.94. The van der Waals surface area contributed by atoms with Crippen molar-refractivity contribution in [1.82, 2.24) is 10.2 Å². The number of hydrogen-bond donors (Lipinski definition) is 1. The average molecular weight is 369 g/mol. The van der Waals surface area contributed by atoms with E-state index in [-0.39, 0.29) is 17.6 Å². The highest BCUT2D eigenvalue weighted by molar-refractivity contribution is 5.83. The van der Waals surface area contributed by atoms with Gasteiger partial charge in [-0.05, 0) is 24.1 Å². The van der Waals surface area contributed by atoms with Crippen molar-refractivity contribution in [3.05, 3.63) is 66.0 Å². The summed E-state index contributed by atoms with van der Waals surface area (Å²) < 4.78 is 13.9. The highest BCUT2D eigenvalue weighted by atomic mass is 19.1. The molecule has 1 amide bonds. The van der Waals surface area contributed by atoms with Gasteiger partial charge in [-0.15, -0.1) is 0 Å². The quantitative estimate of drug-likeness (QED) is 0.814. The van der Waals surface area contributed by atoms with Gasteiger partial charge >= 0.3 is 0 Å². The molecule has 0 bridgehead atoms. The Balaban J connectivity index is 1.42. The van der Waals surface area contributed by atoms with Gasteiger partial charge in [0.15, 0.2) is 0 Å². The van der Waals surface area contributed by atoms with E-state index in [2.05, 4.69) is 15.1 Å². The minimum absolute atomic E-state index is 0.0914. The van der Waals surface area contributed by atoms with E-state index in [9.17, 15) is 9.18 Å². The molecule has 0 radical (unpaired) electrons. The SMILES string of the molecule is CCC(C(=O)NCCN1CCN(c2ccccc2F)CC1)c1ccccc1. The molecule has 0 spiro atoms. The lowest BCUT2D eigenvalue weighted by molar-refractivity contribution is -0.122. The first-order valence-electron chi connectivity index (χ1n) is 9.73. The van der Waals surface area contributed by atoms with Crippen LogP contribution in [-0.2, 0) is 4.79 Å². The molecule has 0 aliphatic carbocycles. The standard InChI is InChI=1S/C22H28FN3O/c1-2-19(18-8-4-3-5-9-18)22(27)24-12-13-25-14-16-26(17-15-25)21-11-7-6-10-20(21)23/h3-11,19H,2,12-17H2,1H3,(H,24,27). The molecule has 1 saturated heterocycles. The van der Waals surface area contributed by atoms with Crippen molar-refractivity contribution in [2.24, 2.45) is 0 Å². The molecule has 2 aromatic rings. The van der Waals surface area contributed by atoms with Gasteiger partial charge in [0.2, 0.25) is 5.91 Å². The predicted molar refractivity (Wildman–Crippen MR) is 108 cm³/mol. The maximum atomic E-state index is 13.9. The second kappa shape index (κ2) is 9.51. The molecule has 0 saturated carbocycles. The van der Waals surface area contributed by atoms with Crippen LogP contribution in [0.4, 0.5) is 10.1 Å². The molecule has 4 nitrogen and oxygen atoms in total. The summed E-state index contributed by atoms with van der Waals surface area (Å²) in [4.78, 5) is 16.9. The number of nitrogens with one attached hydrogen (secondary N) is 1. The highest BCUT2D eigenvalue weighted by Gasteiger charge is 2.20. The summed E-state index contributed by atoms with van der Waals surface area (Å²) in [5, 5.41) is 3.08. The van der Waals surface area contributed by atoms with Crippen LogP contribution < -0.4 is 10.2 Å². The fourth-order valence-electron chi connectivity index (χ4n) is 3.64. The third kappa shape index (κ3) is 5.07. The summed E-state index contributed by atoms with van der Waals surface area (Å²) in [6.07, 6.45) is 0.789. The number of halogens is 1. The molecule has 1 aliphatic heterocycles. The maximum Gasteiger partial charge on any atom is 0.227 e. The fraction of sp³-hybridized carbons (Fsp3) is 0.409. The molecule has 1 aliphatic rings. The lowest BCUT2D eigenvalue weighted by Crippen LogP contribution is -2.49. The molecule has 144 valence electrons. The van der Waals surface area contributed by atoms with Gasteiger partial charge in [0.1, 0.15) is 5.82 Å². The van der Waals surface area contributed by atoms with Gasteiger partial charge < -0.3 is 10.2 Å². The summed E-state index contributed by atoms with van der Waals surface area (Å²) in [5.74, 6) is -0.164. The van der Waals surface area contributed by atoms with Crippen LogP contribution in [0.5, 0.6) is 0 Å². The van der Waals surface area contributed by atoms with Gasteiger partial charge in [0.25, 0.3) is 0 Å². The number of hydrogen-bond acceptors (Lipinski definition) is 3. The van der Waals surface area contributed by atoms with Crippen LogP contribution in [0, 0.1) is 5.82 Å². The minimum atomic E-state index is -0.162. The van der Waals surface area contributed by atoms with Gasteiger partial charge in [-0.25, -0.2) is 4.39 Å². The zero-order chi connectivity index (χ0) is 19.1. The van der Waals surface area contributed by atoms with Crippen LogP contribution in [0.1, 0.15) is 24.8 Å². The maximum absolute atomic E-state index is 13.9. The number of carbonyl (C=O) groups excluding carboxylic acids is 1. The molecule has 1 fully saturated rings. The van der Waals surface area contributed by atoms with Gasteiger partial charge in [-0.2, -0.15) is 0 Å². The van der Waals surface area contributed by atoms with E-state index in [1.54, 1.807) is 6.07 Å². The van der Waals surface area contributed by atoms with Crippen molar-refractivity contribution in [3.8, 4) is 0 Å². The van der Waals surface area contributed by atoms with E-state index < -0.39 is 0 Å². The molecule has 1 unspecified atom stereocenters. The van der Waals surface area contributed by atoms with Crippen LogP contribution in [0.2, 0.25) is 0 Å². The Morgan fingerprint density at radius 2 is 1.70 bits per heavy atom. The van der Waals surface area contributed by atoms with Crippen molar-refractivity contribution < 1.29 is 9.18 Å². The second-order valence-corrected chi connectivity index (χ2v) is 6.94. The van der Waals surface area contributed by atoms with E-state index >= 15 is 0 Å². The summed E-state index contributed by atoms with van der Waals surface area (Å²) in [6.45, 7) is 6.86. The molecule has 1 atom stereocenters. The molecular formula is C22H28FN3O. The Morgan fingerprint density at radius 1 is 1.04 bits per heavy atom.